The van der Waals surface area contributed by atoms with Crippen LogP contribution < -0.4 is 15.4 Å². The van der Waals surface area contributed by atoms with Gasteiger partial charge >= 0.3 is 0 Å². The van der Waals surface area contributed by atoms with E-state index in [0.29, 0.717) is 18.3 Å². The van der Waals surface area contributed by atoms with Crippen molar-refractivity contribution in [2.75, 3.05) is 13.6 Å². The summed E-state index contributed by atoms with van der Waals surface area (Å²) in [6, 6.07) is 6.51. The van der Waals surface area contributed by atoms with E-state index in [9.17, 15) is 4.39 Å². The van der Waals surface area contributed by atoms with Crippen molar-refractivity contribution in [1.82, 2.24) is 10.6 Å². The third-order valence-corrected chi connectivity index (χ3v) is 2.91. The molecule has 0 amide bonds. The lowest BCUT2D eigenvalue weighted by atomic mass is 10.3. The number of aliphatic imine (C=N–C) groups is 1. The average Bonchev–Trinajstić information content (AvgIpc) is 2.43. The van der Waals surface area contributed by atoms with E-state index in [1.165, 1.54) is 12.1 Å². The zero-order valence-electron chi connectivity index (χ0n) is 13.0. The average molecular weight is 409 g/mol. The molecule has 2 atom stereocenters. The number of rotatable bonds is 6. The lowest BCUT2D eigenvalue weighted by Gasteiger charge is -2.19. The van der Waals surface area contributed by atoms with Crippen LogP contribution in [0.15, 0.2) is 29.3 Å². The smallest absolute Gasteiger partial charge is 0.191 e. The van der Waals surface area contributed by atoms with Crippen molar-refractivity contribution in [2.24, 2.45) is 4.99 Å². The number of hydrogen-bond acceptors (Lipinski definition) is 2. The minimum Gasteiger partial charge on any atom is -0.489 e. The highest BCUT2D eigenvalue weighted by molar-refractivity contribution is 14.0. The summed E-state index contributed by atoms with van der Waals surface area (Å²) in [5, 5.41) is 6.46. The predicted molar refractivity (Wildman–Crippen MR) is 96.2 cm³/mol. The van der Waals surface area contributed by atoms with Gasteiger partial charge in [-0.05, 0) is 32.4 Å². The van der Waals surface area contributed by atoms with Crippen LogP contribution in [0, 0.1) is 5.82 Å². The predicted octanol–water partition coefficient (Wildman–Crippen LogP) is 3.17. The van der Waals surface area contributed by atoms with E-state index in [1.54, 1.807) is 19.2 Å². The maximum Gasteiger partial charge on any atom is 0.191 e. The fraction of sp³-hybridized carbons (Fsp3) is 0.533. The summed E-state index contributed by atoms with van der Waals surface area (Å²) in [4.78, 5) is 4.15. The van der Waals surface area contributed by atoms with Gasteiger partial charge in [0.1, 0.15) is 17.7 Å². The Kier molecular flexibility index (Phi) is 10.1. The maximum absolute atomic E-state index is 13.0. The summed E-state index contributed by atoms with van der Waals surface area (Å²) < 4.78 is 18.7. The van der Waals surface area contributed by atoms with Crippen LogP contribution in [-0.4, -0.2) is 31.7 Å². The second-order valence-electron chi connectivity index (χ2n) is 4.79. The minimum atomic E-state index is -0.295. The molecule has 0 saturated heterocycles. The minimum absolute atomic E-state index is 0. The summed E-state index contributed by atoms with van der Waals surface area (Å²) in [6.45, 7) is 6.72. The summed E-state index contributed by atoms with van der Waals surface area (Å²) in [6.07, 6.45) is 0.933. The first-order valence-electron chi connectivity index (χ1n) is 6.94. The van der Waals surface area contributed by atoms with E-state index in [4.69, 9.17) is 4.74 Å². The van der Waals surface area contributed by atoms with Gasteiger partial charge in [0.25, 0.3) is 0 Å². The number of hydrogen-bond donors (Lipinski definition) is 2. The molecule has 21 heavy (non-hydrogen) atoms. The van der Waals surface area contributed by atoms with E-state index in [0.717, 1.165) is 12.4 Å². The molecule has 2 N–H and O–H groups in total. The normalized spacial score (nSPS) is 13.9. The highest BCUT2D eigenvalue weighted by Gasteiger charge is 2.07. The monoisotopic (exact) mass is 409 g/mol. The molecule has 0 aromatic heterocycles. The van der Waals surface area contributed by atoms with Gasteiger partial charge in [0.15, 0.2) is 5.96 Å². The van der Waals surface area contributed by atoms with Crippen molar-refractivity contribution in [2.45, 2.75) is 39.3 Å². The molecule has 120 valence electrons. The maximum atomic E-state index is 13.0. The van der Waals surface area contributed by atoms with Gasteiger partial charge in [-0.15, -0.1) is 24.0 Å². The summed E-state index contributed by atoms with van der Waals surface area (Å²) in [5.41, 5.74) is 0. The molecule has 0 saturated carbocycles. The molecule has 2 unspecified atom stereocenters. The first-order valence-corrected chi connectivity index (χ1v) is 6.94. The quantitative estimate of drug-likeness (QED) is 0.431. The summed E-state index contributed by atoms with van der Waals surface area (Å²) >= 11 is 0. The van der Waals surface area contributed by atoms with Gasteiger partial charge in [0.2, 0.25) is 0 Å². The number of nitrogens with one attached hydrogen (secondary N) is 2. The summed E-state index contributed by atoms with van der Waals surface area (Å²) in [5.74, 6) is 0.982. The third kappa shape index (κ3) is 8.08. The fourth-order valence-corrected chi connectivity index (χ4v) is 1.58. The Bertz CT molecular complexity index is 443. The van der Waals surface area contributed by atoms with E-state index in [2.05, 4.69) is 29.5 Å². The Hall–Kier alpha value is -1.05. The third-order valence-electron chi connectivity index (χ3n) is 2.91. The van der Waals surface area contributed by atoms with E-state index >= 15 is 0 Å². The van der Waals surface area contributed by atoms with Gasteiger partial charge in [0.05, 0.1) is 6.54 Å². The van der Waals surface area contributed by atoms with Crippen LogP contribution in [0.2, 0.25) is 0 Å². The zero-order valence-corrected chi connectivity index (χ0v) is 15.4. The topological polar surface area (TPSA) is 45.7 Å². The Balaban J connectivity index is 0.00000400. The molecule has 1 aromatic carbocycles. The van der Waals surface area contributed by atoms with E-state index < -0.39 is 0 Å². The molecule has 6 heteroatoms. The zero-order chi connectivity index (χ0) is 15.0. The fourth-order valence-electron chi connectivity index (χ4n) is 1.58. The Labute approximate surface area is 143 Å². The molecule has 0 spiro atoms. The van der Waals surface area contributed by atoms with Crippen molar-refractivity contribution in [3.05, 3.63) is 30.1 Å². The second-order valence-corrected chi connectivity index (χ2v) is 4.79. The number of nitrogens with zero attached hydrogens (tertiary/aromatic N) is 1. The molecule has 4 nitrogen and oxygen atoms in total. The van der Waals surface area contributed by atoms with Crippen LogP contribution in [0.5, 0.6) is 5.75 Å². The number of halogens is 2. The largest absolute Gasteiger partial charge is 0.489 e. The van der Waals surface area contributed by atoms with Gasteiger partial charge in [-0.3, -0.25) is 4.99 Å². The highest BCUT2D eigenvalue weighted by atomic mass is 127. The van der Waals surface area contributed by atoms with Crippen LogP contribution in [0.3, 0.4) is 0 Å². The molecule has 0 heterocycles. The number of guanidine groups is 1. The van der Waals surface area contributed by atoms with Gasteiger partial charge in [-0.2, -0.15) is 0 Å². The first-order chi connectivity index (χ1) is 9.55. The van der Waals surface area contributed by atoms with Gasteiger partial charge in [-0.1, -0.05) is 13.0 Å². The number of ether oxygens (including phenoxy) is 1. The lowest BCUT2D eigenvalue weighted by Crippen LogP contribution is -2.45. The van der Waals surface area contributed by atoms with Gasteiger partial charge in [0, 0.05) is 19.2 Å². The van der Waals surface area contributed by atoms with E-state index in [-0.39, 0.29) is 35.9 Å². The SMILES string of the molecule is CCC(C)NC(=NC)NCC(C)Oc1cccc(F)c1.I. The standard InChI is InChI=1S/C15H24FN3O.HI/c1-5-11(2)19-15(17-4)18-10-12(3)20-14-8-6-7-13(16)9-14;/h6-9,11-12H,5,10H2,1-4H3,(H2,17,18,19);1H. The van der Waals surface area contributed by atoms with Crippen LogP contribution in [-0.2, 0) is 0 Å². The molecule has 0 aliphatic heterocycles. The van der Waals surface area contributed by atoms with Crippen molar-refractivity contribution in [1.29, 1.82) is 0 Å². The Morgan fingerprint density at radius 2 is 2.10 bits per heavy atom. The van der Waals surface area contributed by atoms with Crippen LogP contribution >= 0.6 is 24.0 Å². The molecule has 0 aliphatic carbocycles. The van der Waals surface area contributed by atoms with Crippen molar-refractivity contribution in [3.63, 3.8) is 0 Å². The molecule has 1 rings (SSSR count). The van der Waals surface area contributed by atoms with Gasteiger partial charge < -0.3 is 15.4 Å². The van der Waals surface area contributed by atoms with Crippen molar-refractivity contribution in [3.8, 4) is 5.75 Å². The molecule has 0 bridgehead atoms. The van der Waals surface area contributed by atoms with Crippen LogP contribution in [0.25, 0.3) is 0 Å². The molecule has 0 radical (unpaired) electrons. The lowest BCUT2D eigenvalue weighted by molar-refractivity contribution is 0.223. The molecule has 0 fully saturated rings. The summed E-state index contributed by atoms with van der Waals surface area (Å²) in [7, 11) is 1.73. The van der Waals surface area contributed by atoms with E-state index in [1.807, 2.05) is 6.92 Å². The molecular weight excluding hydrogens is 384 g/mol. The molecule has 0 aliphatic rings. The van der Waals surface area contributed by atoms with Gasteiger partial charge in [-0.25, -0.2) is 4.39 Å². The van der Waals surface area contributed by atoms with Crippen LogP contribution in [0.4, 0.5) is 4.39 Å². The highest BCUT2D eigenvalue weighted by Crippen LogP contribution is 2.13. The second kappa shape index (κ2) is 10.6. The molecular formula is C15H25FIN3O. The first kappa shape index (κ1) is 19.9. The Morgan fingerprint density at radius 3 is 2.67 bits per heavy atom. The molecule has 1 aromatic rings. The Morgan fingerprint density at radius 1 is 1.38 bits per heavy atom. The van der Waals surface area contributed by atoms with Crippen molar-refractivity contribution < 1.29 is 9.13 Å². The number of benzene rings is 1. The van der Waals surface area contributed by atoms with Crippen molar-refractivity contribution >= 4 is 29.9 Å². The van der Waals surface area contributed by atoms with Crippen LogP contribution in [0.1, 0.15) is 27.2 Å².